The zero-order valence-corrected chi connectivity index (χ0v) is 15.4. The predicted octanol–water partition coefficient (Wildman–Crippen LogP) is 3.07. The van der Waals surface area contributed by atoms with Crippen LogP contribution >= 0.6 is 0 Å². The number of aliphatic hydroxyl groups is 1. The molecule has 0 atom stereocenters. The molecule has 0 radical (unpaired) electrons. The normalized spacial score (nSPS) is 15.5. The SMILES string of the molecule is CN(CC1(CO)CCCC1)C(=O)c1ccc(-c2ccc(C(=O)O)cn2)cc1. The summed E-state index contributed by atoms with van der Waals surface area (Å²) in [5, 5.41) is 18.7. The Hall–Kier alpha value is -2.73. The summed E-state index contributed by atoms with van der Waals surface area (Å²) in [6.45, 7) is 0.670. The molecule has 1 heterocycles. The fourth-order valence-corrected chi connectivity index (χ4v) is 3.76. The average Bonchev–Trinajstić information content (AvgIpc) is 3.16. The van der Waals surface area contributed by atoms with Crippen LogP contribution in [0.5, 0.6) is 0 Å². The van der Waals surface area contributed by atoms with E-state index in [1.54, 1.807) is 42.3 Å². The number of aliphatic hydroxyl groups excluding tert-OH is 1. The molecule has 1 amide bonds. The van der Waals surface area contributed by atoms with E-state index in [4.69, 9.17) is 5.11 Å². The monoisotopic (exact) mass is 368 g/mol. The predicted molar refractivity (Wildman–Crippen MR) is 102 cm³/mol. The van der Waals surface area contributed by atoms with Crippen molar-refractivity contribution in [2.45, 2.75) is 25.7 Å². The van der Waals surface area contributed by atoms with Crippen LogP contribution in [0.2, 0.25) is 0 Å². The van der Waals surface area contributed by atoms with Gasteiger partial charge in [0.2, 0.25) is 0 Å². The lowest BCUT2D eigenvalue weighted by Gasteiger charge is -2.31. The molecule has 6 nitrogen and oxygen atoms in total. The quantitative estimate of drug-likeness (QED) is 0.818. The largest absolute Gasteiger partial charge is 0.478 e. The van der Waals surface area contributed by atoms with Crippen molar-refractivity contribution in [3.63, 3.8) is 0 Å². The second-order valence-corrected chi connectivity index (χ2v) is 7.34. The highest BCUT2D eigenvalue weighted by molar-refractivity contribution is 5.94. The number of aromatic nitrogens is 1. The van der Waals surface area contributed by atoms with Gasteiger partial charge in [0.25, 0.3) is 5.91 Å². The second kappa shape index (κ2) is 7.88. The van der Waals surface area contributed by atoms with Gasteiger partial charge in [-0.3, -0.25) is 9.78 Å². The number of benzene rings is 1. The zero-order valence-electron chi connectivity index (χ0n) is 15.4. The van der Waals surface area contributed by atoms with E-state index in [2.05, 4.69) is 4.98 Å². The van der Waals surface area contributed by atoms with Gasteiger partial charge < -0.3 is 15.1 Å². The van der Waals surface area contributed by atoms with E-state index in [0.717, 1.165) is 31.2 Å². The molecule has 142 valence electrons. The minimum absolute atomic E-state index is 0.0736. The Bertz CT molecular complexity index is 809. The Labute approximate surface area is 158 Å². The zero-order chi connectivity index (χ0) is 19.4. The first-order valence-corrected chi connectivity index (χ1v) is 9.10. The molecule has 0 spiro atoms. The molecule has 0 saturated heterocycles. The first-order chi connectivity index (χ1) is 12.9. The van der Waals surface area contributed by atoms with Crippen molar-refractivity contribution < 1.29 is 19.8 Å². The number of hydrogen-bond acceptors (Lipinski definition) is 4. The Balaban J connectivity index is 1.70. The van der Waals surface area contributed by atoms with Crippen LogP contribution in [0.25, 0.3) is 11.3 Å². The molecular formula is C21H24N2O4. The number of carboxylic acid groups (broad SMARTS) is 1. The molecule has 1 aliphatic carbocycles. The summed E-state index contributed by atoms with van der Waals surface area (Å²) in [5.74, 6) is -1.09. The number of carboxylic acids is 1. The maximum Gasteiger partial charge on any atom is 0.337 e. The van der Waals surface area contributed by atoms with Crippen molar-refractivity contribution in [1.29, 1.82) is 0 Å². The summed E-state index contributed by atoms with van der Waals surface area (Å²) >= 11 is 0. The molecule has 1 fully saturated rings. The van der Waals surface area contributed by atoms with E-state index in [1.807, 2.05) is 0 Å². The molecule has 27 heavy (non-hydrogen) atoms. The molecule has 0 aliphatic heterocycles. The third-order valence-corrected chi connectivity index (χ3v) is 5.36. The lowest BCUT2D eigenvalue weighted by Crippen LogP contribution is -2.39. The van der Waals surface area contributed by atoms with Crippen LogP contribution in [0.1, 0.15) is 46.4 Å². The van der Waals surface area contributed by atoms with E-state index >= 15 is 0 Å². The van der Waals surface area contributed by atoms with Gasteiger partial charge in [-0.05, 0) is 37.1 Å². The first kappa shape index (κ1) is 19.0. The molecule has 1 aromatic carbocycles. The lowest BCUT2D eigenvalue weighted by atomic mass is 9.86. The van der Waals surface area contributed by atoms with Crippen LogP contribution in [0, 0.1) is 5.41 Å². The summed E-state index contributed by atoms with van der Waals surface area (Å²) in [4.78, 5) is 29.5. The molecule has 1 saturated carbocycles. The maximum atomic E-state index is 12.7. The van der Waals surface area contributed by atoms with Gasteiger partial charge in [-0.2, -0.15) is 0 Å². The number of pyridine rings is 1. The van der Waals surface area contributed by atoms with Crippen molar-refractivity contribution in [1.82, 2.24) is 9.88 Å². The lowest BCUT2D eigenvalue weighted by molar-refractivity contribution is 0.0594. The van der Waals surface area contributed by atoms with Gasteiger partial charge in [-0.15, -0.1) is 0 Å². The van der Waals surface area contributed by atoms with Crippen molar-refractivity contribution in [3.05, 3.63) is 53.7 Å². The van der Waals surface area contributed by atoms with Crippen molar-refractivity contribution >= 4 is 11.9 Å². The highest BCUT2D eigenvalue weighted by Crippen LogP contribution is 2.38. The Morgan fingerprint density at radius 3 is 2.22 bits per heavy atom. The minimum Gasteiger partial charge on any atom is -0.478 e. The fraction of sp³-hybridized carbons (Fsp3) is 0.381. The van der Waals surface area contributed by atoms with Gasteiger partial charge in [0, 0.05) is 36.3 Å². The highest BCUT2D eigenvalue weighted by Gasteiger charge is 2.35. The van der Waals surface area contributed by atoms with E-state index in [9.17, 15) is 14.7 Å². The number of amides is 1. The first-order valence-electron chi connectivity index (χ1n) is 9.10. The van der Waals surface area contributed by atoms with Gasteiger partial charge in [0.15, 0.2) is 0 Å². The van der Waals surface area contributed by atoms with E-state index in [-0.39, 0.29) is 23.5 Å². The number of aromatic carboxylic acids is 1. The topological polar surface area (TPSA) is 90.7 Å². The van der Waals surface area contributed by atoms with Crippen molar-refractivity contribution in [2.24, 2.45) is 5.41 Å². The van der Waals surface area contributed by atoms with Crippen molar-refractivity contribution in [3.8, 4) is 11.3 Å². The smallest absolute Gasteiger partial charge is 0.337 e. The van der Waals surface area contributed by atoms with E-state index in [0.29, 0.717) is 17.8 Å². The minimum atomic E-state index is -1.01. The van der Waals surface area contributed by atoms with E-state index in [1.165, 1.54) is 12.3 Å². The number of hydrogen-bond donors (Lipinski definition) is 2. The molecule has 6 heteroatoms. The molecule has 1 aliphatic rings. The third kappa shape index (κ3) is 4.17. The average molecular weight is 368 g/mol. The van der Waals surface area contributed by atoms with E-state index < -0.39 is 5.97 Å². The number of rotatable bonds is 6. The maximum absolute atomic E-state index is 12.7. The Kier molecular flexibility index (Phi) is 5.56. The summed E-state index contributed by atoms with van der Waals surface area (Å²) in [7, 11) is 1.78. The number of nitrogens with zero attached hydrogens (tertiary/aromatic N) is 2. The van der Waals surface area contributed by atoms with Crippen LogP contribution < -0.4 is 0 Å². The summed E-state index contributed by atoms with van der Waals surface area (Å²) < 4.78 is 0. The van der Waals surface area contributed by atoms with Crippen molar-refractivity contribution in [2.75, 3.05) is 20.2 Å². The van der Waals surface area contributed by atoms with Gasteiger partial charge in [-0.25, -0.2) is 4.79 Å². The van der Waals surface area contributed by atoms with Crippen LogP contribution in [-0.2, 0) is 0 Å². The fourth-order valence-electron chi connectivity index (χ4n) is 3.76. The molecule has 0 unspecified atom stereocenters. The summed E-state index contributed by atoms with van der Waals surface area (Å²) in [6.07, 6.45) is 5.44. The third-order valence-electron chi connectivity index (χ3n) is 5.36. The Morgan fingerprint density at radius 2 is 1.70 bits per heavy atom. The van der Waals surface area contributed by atoms with Gasteiger partial charge in [-0.1, -0.05) is 25.0 Å². The van der Waals surface area contributed by atoms with Gasteiger partial charge in [0.05, 0.1) is 17.9 Å². The summed E-state index contributed by atoms with van der Waals surface area (Å²) in [6, 6.07) is 10.3. The van der Waals surface area contributed by atoms with Crippen LogP contribution in [0.4, 0.5) is 0 Å². The molecule has 0 bridgehead atoms. The molecule has 2 aromatic rings. The Morgan fingerprint density at radius 1 is 1.07 bits per heavy atom. The summed E-state index contributed by atoms with van der Waals surface area (Å²) in [5.41, 5.74) is 2.01. The van der Waals surface area contributed by atoms with Crippen LogP contribution in [0.3, 0.4) is 0 Å². The standard InChI is InChI=1S/C21H24N2O4/c1-23(13-21(14-24)10-2-3-11-21)19(25)16-6-4-15(5-7-16)18-9-8-17(12-22-18)20(26)27/h4-9,12,24H,2-3,10-11,13-14H2,1H3,(H,26,27). The van der Waals surface area contributed by atoms with Gasteiger partial charge in [0.1, 0.15) is 0 Å². The number of carbonyl (C=O) groups is 2. The van der Waals surface area contributed by atoms with Crippen LogP contribution in [0.15, 0.2) is 42.6 Å². The molecule has 2 N–H and O–H groups in total. The highest BCUT2D eigenvalue weighted by atomic mass is 16.4. The molecule has 1 aromatic heterocycles. The molecular weight excluding hydrogens is 344 g/mol. The molecule has 3 rings (SSSR count). The second-order valence-electron chi connectivity index (χ2n) is 7.34. The van der Waals surface area contributed by atoms with Gasteiger partial charge >= 0.3 is 5.97 Å². The number of carbonyl (C=O) groups excluding carboxylic acids is 1. The van der Waals surface area contributed by atoms with Crippen LogP contribution in [-0.4, -0.2) is 52.2 Å².